The summed E-state index contributed by atoms with van der Waals surface area (Å²) in [5, 5.41) is 7.76. The maximum absolute atomic E-state index is 6.40. The zero-order valence-electron chi connectivity index (χ0n) is 16.3. The summed E-state index contributed by atoms with van der Waals surface area (Å²) >= 11 is 6.31. The van der Waals surface area contributed by atoms with E-state index in [0.717, 1.165) is 46.1 Å². The van der Waals surface area contributed by atoms with Crippen LogP contribution in [-0.4, -0.2) is 17.5 Å². The average Bonchev–Trinajstić information content (AvgIpc) is 3.41. The Kier molecular flexibility index (Phi) is 3.93. The van der Waals surface area contributed by atoms with Gasteiger partial charge in [0.15, 0.2) is 11.5 Å². The summed E-state index contributed by atoms with van der Waals surface area (Å²) in [5.41, 5.74) is 5.36. The van der Waals surface area contributed by atoms with E-state index in [0.29, 0.717) is 5.02 Å². The van der Waals surface area contributed by atoms with Gasteiger partial charge in [0.05, 0.1) is 11.8 Å². The highest BCUT2D eigenvalue weighted by atomic mass is 35.5. The number of hydrogen-bond donors (Lipinski definition) is 0. The molecule has 0 bridgehead atoms. The molecule has 0 radical (unpaired) electrons. The highest BCUT2D eigenvalue weighted by Gasteiger charge is 2.41. The minimum atomic E-state index is -0.296. The molecule has 0 aromatic heterocycles. The Balaban J connectivity index is 1.43. The second-order valence-corrected chi connectivity index (χ2v) is 8.21. The lowest BCUT2D eigenvalue weighted by atomic mass is 9.95. The minimum Gasteiger partial charge on any atom is -0.464 e. The summed E-state index contributed by atoms with van der Waals surface area (Å²) in [6.45, 7) is 2.34. The fraction of sp³-hybridized carbons (Fsp3) is 0.208. The Bertz CT molecular complexity index is 1180. The molecule has 3 heterocycles. The molecule has 2 atom stereocenters. The van der Waals surface area contributed by atoms with Crippen molar-refractivity contribution in [3.8, 4) is 17.2 Å². The first kappa shape index (κ1) is 17.7. The van der Waals surface area contributed by atoms with Crippen LogP contribution in [0, 0.1) is 6.92 Å². The van der Waals surface area contributed by atoms with Crippen molar-refractivity contribution in [3.63, 3.8) is 0 Å². The molecule has 6 rings (SSSR count). The first-order valence-electron chi connectivity index (χ1n) is 9.94. The van der Waals surface area contributed by atoms with Gasteiger partial charge in [0.1, 0.15) is 5.75 Å². The Labute approximate surface area is 179 Å². The minimum absolute atomic E-state index is 0.0548. The van der Waals surface area contributed by atoms with Crippen LogP contribution < -0.4 is 14.2 Å². The number of hydrazone groups is 1. The van der Waals surface area contributed by atoms with Crippen LogP contribution in [0.2, 0.25) is 5.02 Å². The van der Waals surface area contributed by atoms with Crippen molar-refractivity contribution >= 4 is 17.3 Å². The summed E-state index contributed by atoms with van der Waals surface area (Å²) in [7, 11) is 0. The molecule has 150 valence electrons. The molecule has 0 fully saturated rings. The summed E-state index contributed by atoms with van der Waals surface area (Å²) in [6, 6.07) is 20.2. The van der Waals surface area contributed by atoms with Crippen LogP contribution in [0.1, 0.15) is 40.9 Å². The quantitative estimate of drug-likeness (QED) is 0.541. The van der Waals surface area contributed by atoms with Gasteiger partial charge in [0, 0.05) is 28.1 Å². The van der Waals surface area contributed by atoms with E-state index in [2.05, 4.69) is 36.2 Å². The first-order chi connectivity index (χ1) is 14.7. The van der Waals surface area contributed by atoms with Crippen molar-refractivity contribution in [2.75, 3.05) is 6.79 Å². The fourth-order valence-corrected chi connectivity index (χ4v) is 4.44. The molecule has 0 saturated heterocycles. The molecular formula is C24H19ClN2O3. The van der Waals surface area contributed by atoms with Gasteiger partial charge in [0.2, 0.25) is 13.0 Å². The predicted molar refractivity (Wildman–Crippen MR) is 114 cm³/mol. The van der Waals surface area contributed by atoms with Gasteiger partial charge in [-0.15, -0.1) is 0 Å². The van der Waals surface area contributed by atoms with Crippen LogP contribution in [0.25, 0.3) is 0 Å². The Hall–Kier alpha value is -3.18. The molecule has 0 saturated carbocycles. The Morgan fingerprint density at radius 3 is 2.60 bits per heavy atom. The normalized spacial score (nSPS) is 21.0. The molecule has 0 spiro atoms. The zero-order valence-corrected chi connectivity index (χ0v) is 17.1. The Morgan fingerprint density at radius 2 is 1.73 bits per heavy atom. The highest BCUT2D eigenvalue weighted by molar-refractivity contribution is 6.30. The lowest BCUT2D eigenvalue weighted by Gasteiger charge is -2.38. The predicted octanol–water partition coefficient (Wildman–Crippen LogP) is 5.62. The standard InChI is InChI=1S/C24H19ClN2O3/c1-14-2-4-15(5-3-14)24-27-20(18-11-17(25)7-9-21(18)30-24)12-19(26-27)16-6-8-22-23(10-16)29-13-28-22/h2-11,20,24H,12-13H2,1H3/t20-,24-/m0/s1. The van der Waals surface area contributed by atoms with Gasteiger partial charge in [-0.3, -0.25) is 0 Å². The van der Waals surface area contributed by atoms with Crippen molar-refractivity contribution in [1.82, 2.24) is 5.01 Å². The molecule has 5 nitrogen and oxygen atoms in total. The van der Waals surface area contributed by atoms with Gasteiger partial charge < -0.3 is 14.2 Å². The van der Waals surface area contributed by atoms with E-state index < -0.39 is 0 Å². The maximum atomic E-state index is 6.40. The van der Waals surface area contributed by atoms with E-state index in [1.54, 1.807) is 0 Å². The van der Waals surface area contributed by atoms with Crippen LogP contribution in [0.3, 0.4) is 0 Å². The molecule has 3 aromatic rings. The molecule has 3 aliphatic heterocycles. The number of benzene rings is 3. The Morgan fingerprint density at radius 1 is 0.933 bits per heavy atom. The molecule has 30 heavy (non-hydrogen) atoms. The summed E-state index contributed by atoms with van der Waals surface area (Å²) in [6.07, 6.45) is 0.467. The second-order valence-electron chi connectivity index (χ2n) is 7.78. The van der Waals surface area contributed by atoms with Gasteiger partial charge in [-0.1, -0.05) is 41.4 Å². The van der Waals surface area contributed by atoms with Gasteiger partial charge in [-0.2, -0.15) is 5.10 Å². The van der Waals surface area contributed by atoms with E-state index in [1.807, 2.05) is 36.4 Å². The smallest absolute Gasteiger partial charge is 0.231 e. The third-order valence-electron chi connectivity index (χ3n) is 5.82. The number of nitrogens with zero attached hydrogens (tertiary/aromatic N) is 2. The topological polar surface area (TPSA) is 43.3 Å². The largest absolute Gasteiger partial charge is 0.464 e. The van der Waals surface area contributed by atoms with Gasteiger partial charge in [-0.25, -0.2) is 5.01 Å². The highest BCUT2D eigenvalue weighted by Crippen LogP contribution is 2.48. The third kappa shape index (κ3) is 2.81. The zero-order chi connectivity index (χ0) is 20.2. The molecule has 3 aliphatic rings. The van der Waals surface area contributed by atoms with E-state index in [4.69, 9.17) is 30.9 Å². The van der Waals surface area contributed by atoms with Crippen LogP contribution in [0.5, 0.6) is 17.2 Å². The van der Waals surface area contributed by atoms with Crippen LogP contribution in [-0.2, 0) is 0 Å². The lowest BCUT2D eigenvalue weighted by molar-refractivity contribution is -0.0190. The molecule has 6 heteroatoms. The van der Waals surface area contributed by atoms with Crippen LogP contribution in [0.15, 0.2) is 65.8 Å². The van der Waals surface area contributed by atoms with Gasteiger partial charge in [-0.05, 0) is 43.3 Å². The van der Waals surface area contributed by atoms with Crippen molar-refractivity contribution in [3.05, 3.63) is 87.9 Å². The van der Waals surface area contributed by atoms with Crippen LogP contribution in [0.4, 0.5) is 0 Å². The fourth-order valence-electron chi connectivity index (χ4n) is 4.26. The molecule has 0 N–H and O–H groups in total. The second kappa shape index (κ2) is 6.67. The lowest BCUT2D eigenvalue weighted by Crippen LogP contribution is -2.33. The summed E-state index contributed by atoms with van der Waals surface area (Å²) in [4.78, 5) is 0. The number of hydrogen-bond acceptors (Lipinski definition) is 5. The van der Waals surface area contributed by atoms with E-state index in [-0.39, 0.29) is 19.1 Å². The van der Waals surface area contributed by atoms with Gasteiger partial charge >= 0.3 is 0 Å². The SMILES string of the molecule is Cc1ccc([C@@H]2Oc3ccc(Cl)cc3[C@@H]3CC(c4ccc5c(c4)OCO5)=NN32)cc1. The molecule has 0 aliphatic carbocycles. The maximum Gasteiger partial charge on any atom is 0.231 e. The molecule has 0 unspecified atom stereocenters. The van der Waals surface area contributed by atoms with Crippen molar-refractivity contribution in [1.29, 1.82) is 0 Å². The number of fused-ring (bicyclic) bond motifs is 4. The first-order valence-corrected chi connectivity index (χ1v) is 10.3. The monoisotopic (exact) mass is 418 g/mol. The number of halogens is 1. The van der Waals surface area contributed by atoms with Crippen molar-refractivity contribution in [2.45, 2.75) is 25.6 Å². The number of rotatable bonds is 2. The van der Waals surface area contributed by atoms with Crippen molar-refractivity contribution < 1.29 is 14.2 Å². The summed E-state index contributed by atoms with van der Waals surface area (Å²) in [5.74, 6) is 2.39. The molecule has 3 aromatic carbocycles. The molecule has 0 amide bonds. The van der Waals surface area contributed by atoms with Crippen molar-refractivity contribution in [2.24, 2.45) is 5.10 Å². The van der Waals surface area contributed by atoms with E-state index in [1.165, 1.54) is 5.56 Å². The average molecular weight is 419 g/mol. The van der Waals surface area contributed by atoms with Gasteiger partial charge in [0.25, 0.3) is 0 Å². The van der Waals surface area contributed by atoms with E-state index >= 15 is 0 Å². The summed E-state index contributed by atoms with van der Waals surface area (Å²) < 4.78 is 17.4. The van der Waals surface area contributed by atoms with Crippen LogP contribution >= 0.6 is 11.6 Å². The molecular weight excluding hydrogens is 400 g/mol. The third-order valence-corrected chi connectivity index (χ3v) is 6.06. The number of aryl methyl sites for hydroxylation is 1. The number of ether oxygens (including phenoxy) is 3. The van der Waals surface area contributed by atoms with E-state index in [9.17, 15) is 0 Å².